The number of aromatic nitrogens is 1. The Morgan fingerprint density at radius 2 is 2.22 bits per heavy atom. The summed E-state index contributed by atoms with van der Waals surface area (Å²) in [5.41, 5.74) is 1.97. The normalized spacial score (nSPS) is 18.0. The number of hydrogen-bond acceptors (Lipinski definition) is 3. The fraction of sp³-hybridized carbons (Fsp3) is 0.444. The summed E-state index contributed by atoms with van der Waals surface area (Å²) in [6.45, 7) is 6.94. The van der Waals surface area contributed by atoms with Gasteiger partial charge in [0.05, 0.1) is 16.7 Å². The Bertz CT molecular complexity index is 726. The van der Waals surface area contributed by atoms with E-state index in [1.54, 1.807) is 0 Å². The molecule has 2 heterocycles. The zero-order valence-electron chi connectivity index (χ0n) is 13.7. The number of likely N-dealkylation sites (tertiary alicyclic amines) is 1. The highest BCUT2D eigenvalue weighted by molar-refractivity contribution is 7.13. The average Bonchev–Trinajstić information content (AvgIpc) is 3.13. The number of nitrogens with zero attached hydrogens (tertiary/aromatic N) is 2. The van der Waals surface area contributed by atoms with Crippen molar-refractivity contribution >= 4 is 28.8 Å². The molecule has 1 aliphatic heterocycles. The number of thiazole rings is 1. The monoisotopic (exact) mass is 348 g/mol. The lowest BCUT2D eigenvalue weighted by atomic mass is 10.0. The average molecular weight is 349 g/mol. The molecule has 0 saturated carbocycles. The van der Waals surface area contributed by atoms with Crippen molar-refractivity contribution in [3.8, 4) is 0 Å². The number of carbonyl (C=O) groups is 1. The summed E-state index contributed by atoms with van der Waals surface area (Å²) in [5.74, 6) is 0.455. The molecule has 0 spiro atoms. The van der Waals surface area contributed by atoms with Gasteiger partial charge in [0.15, 0.2) is 0 Å². The molecule has 0 radical (unpaired) electrons. The van der Waals surface area contributed by atoms with Crippen LogP contribution in [0.15, 0.2) is 24.3 Å². The van der Waals surface area contributed by atoms with Crippen LogP contribution in [0.4, 0.5) is 0 Å². The third kappa shape index (κ3) is 3.29. The van der Waals surface area contributed by atoms with Crippen molar-refractivity contribution in [2.45, 2.75) is 45.6 Å². The van der Waals surface area contributed by atoms with Crippen LogP contribution in [0.5, 0.6) is 0 Å². The van der Waals surface area contributed by atoms with Crippen LogP contribution in [0.3, 0.4) is 0 Å². The maximum absolute atomic E-state index is 13.0. The van der Waals surface area contributed by atoms with E-state index < -0.39 is 0 Å². The van der Waals surface area contributed by atoms with Crippen molar-refractivity contribution in [2.75, 3.05) is 6.54 Å². The van der Waals surface area contributed by atoms with Crippen molar-refractivity contribution in [2.24, 2.45) is 0 Å². The van der Waals surface area contributed by atoms with Crippen LogP contribution in [0, 0.1) is 6.92 Å². The maximum Gasteiger partial charge on any atom is 0.266 e. The number of amides is 1. The summed E-state index contributed by atoms with van der Waals surface area (Å²) in [5, 5.41) is 1.75. The van der Waals surface area contributed by atoms with E-state index in [1.807, 2.05) is 30.0 Å². The van der Waals surface area contributed by atoms with Gasteiger partial charge in [-0.15, -0.1) is 11.3 Å². The van der Waals surface area contributed by atoms with Gasteiger partial charge in [-0.2, -0.15) is 0 Å². The van der Waals surface area contributed by atoms with Crippen LogP contribution in [-0.4, -0.2) is 22.3 Å². The van der Waals surface area contributed by atoms with Gasteiger partial charge in [-0.3, -0.25) is 4.79 Å². The van der Waals surface area contributed by atoms with Gasteiger partial charge in [-0.25, -0.2) is 4.98 Å². The first-order chi connectivity index (χ1) is 11.0. The second-order valence-electron chi connectivity index (χ2n) is 6.33. The first-order valence-corrected chi connectivity index (χ1v) is 9.20. The minimum Gasteiger partial charge on any atom is -0.331 e. The third-order valence-electron chi connectivity index (χ3n) is 4.25. The van der Waals surface area contributed by atoms with E-state index >= 15 is 0 Å². The van der Waals surface area contributed by atoms with Crippen molar-refractivity contribution in [1.29, 1.82) is 0 Å². The van der Waals surface area contributed by atoms with E-state index in [4.69, 9.17) is 11.6 Å². The molecule has 1 aliphatic rings. The molecule has 3 nitrogen and oxygen atoms in total. The van der Waals surface area contributed by atoms with E-state index in [0.29, 0.717) is 5.92 Å². The minimum absolute atomic E-state index is 0.106. The summed E-state index contributed by atoms with van der Waals surface area (Å²) >= 11 is 7.65. The standard InChI is InChI=1S/C18H21ClN2OS/c1-11(2)17-20-12(3)16(23-17)18(22)21-9-5-8-15(21)13-6-4-7-14(19)10-13/h4,6-7,10-11,15H,5,8-9H2,1-3H3/t15-/m0/s1. The number of hydrogen-bond donors (Lipinski definition) is 0. The van der Waals surface area contributed by atoms with Crippen LogP contribution in [0.25, 0.3) is 0 Å². The van der Waals surface area contributed by atoms with E-state index in [9.17, 15) is 4.79 Å². The molecule has 1 atom stereocenters. The molecule has 5 heteroatoms. The van der Waals surface area contributed by atoms with Crippen molar-refractivity contribution < 1.29 is 4.79 Å². The number of aryl methyl sites for hydroxylation is 1. The number of benzene rings is 1. The van der Waals surface area contributed by atoms with E-state index in [0.717, 1.165) is 45.6 Å². The lowest BCUT2D eigenvalue weighted by molar-refractivity contribution is 0.0739. The number of rotatable bonds is 3. The molecule has 1 aromatic heterocycles. The molecule has 2 aromatic rings. The third-order valence-corrected chi connectivity index (χ3v) is 5.93. The fourth-order valence-electron chi connectivity index (χ4n) is 3.06. The van der Waals surface area contributed by atoms with Crippen LogP contribution in [-0.2, 0) is 0 Å². The molecular weight excluding hydrogens is 328 g/mol. The molecule has 23 heavy (non-hydrogen) atoms. The van der Waals surface area contributed by atoms with Crippen molar-refractivity contribution in [3.63, 3.8) is 0 Å². The minimum atomic E-state index is 0.106. The van der Waals surface area contributed by atoms with E-state index in [-0.39, 0.29) is 11.9 Å². The first kappa shape index (κ1) is 16.5. The van der Waals surface area contributed by atoms with E-state index in [1.165, 1.54) is 11.3 Å². The van der Waals surface area contributed by atoms with Crippen LogP contribution >= 0.6 is 22.9 Å². The zero-order valence-corrected chi connectivity index (χ0v) is 15.2. The first-order valence-electron chi connectivity index (χ1n) is 8.01. The highest BCUT2D eigenvalue weighted by Gasteiger charge is 2.32. The Hall–Kier alpha value is -1.39. The molecular formula is C18H21ClN2OS. The Morgan fingerprint density at radius 1 is 1.43 bits per heavy atom. The van der Waals surface area contributed by atoms with E-state index in [2.05, 4.69) is 24.9 Å². The Balaban J connectivity index is 1.89. The molecule has 1 amide bonds. The van der Waals surface area contributed by atoms with Gasteiger partial charge in [0, 0.05) is 17.5 Å². The van der Waals surface area contributed by atoms with Gasteiger partial charge in [0.1, 0.15) is 4.88 Å². The molecule has 1 fully saturated rings. The van der Waals surface area contributed by atoms with Crippen LogP contribution in [0.1, 0.15) is 64.6 Å². The molecule has 1 saturated heterocycles. The van der Waals surface area contributed by atoms with Gasteiger partial charge in [0.25, 0.3) is 5.91 Å². The Labute approximate surface area is 146 Å². The highest BCUT2D eigenvalue weighted by atomic mass is 35.5. The maximum atomic E-state index is 13.0. The summed E-state index contributed by atoms with van der Waals surface area (Å²) < 4.78 is 0. The predicted octanol–water partition coefficient (Wildman–Crippen LogP) is 5.21. The lowest BCUT2D eigenvalue weighted by Gasteiger charge is -2.25. The summed E-state index contributed by atoms with van der Waals surface area (Å²) in [7, 11) is 0. The van der Waals surface area contributed by atoms with Gasteiger partial charge in [-0.05, 0) is 37.5 Å². The van der Waals surface area contributed by atoms with Crippen molar-refractivity contribution in [1.82, 2.24) is 9.88 Å². The molecule has 0 bridgehead atoms. The molecule has 3 rings (SSSR count). The van der Waals surface area contributed by atoms with Crippen LogP contribution in [0.2, 0.25) is 5.02 Å². The molecule has 1 aromatic carbocycles. The predicted molar refractivity (Wildman–Crippen MR) is 95.4 cm³/mol. The molecule has 0 unspecified atom stereocenters. The number of halogens is 1. The molecule has 0 N–H and O–H groups in total. The van der Waals surface area contributed by atoms with Gasteiger partial charge >= 0.3 is 0 Å². The quantitative estimate of drug-likeness (QED) is 0.763. The second-order valence-corrected chi connectivity index (χ2v) is 7.80. The smallest absolute Gasteiger partial charge is 0.266 e. The van der Waals surface area contributed by atoms with Crippen LogP contribution < -0.4 is 0 Å². The van der Waals surface area contributed by atoms with Crippen molar-refractivity contribution in [3.05, 3.63) is 50.4 Å². The largest absolute Gasteiger partial charge is 0.331 e. The topological polar surface area (TPSA) is 33.2 Å². The molecule has 0 aliphatic carbocycles. The fourth-order valence-corrected chi connectivity index (χ4v) is 4.29. The SMILES string of the molecule is Cc1nc(C(C)C)sc1C(=O)N1CCC[C@H]1c1cccc(Cl)c1. The molecule has 122 valence electrons. The lowest BCUT2D eigenvalue weighted by Crippen LogP contribution is -2.30. The van der Waals surface area contributed by atoms with Gasteiger partial charge in [-0.1, -0.05) is 37.6 Å². The van der Waals surface area contributed by atoms with Gasteiger partial charge in [0.2, 0.25) is 0 Å². The summed E-state index contributed by atoms with van der Waals surface area (Å²) in [4.78, 5) is 20.4. The summed E-state index contributed by atoms with van der Waals surface area (Å²) in [6, 6.07) is 7.96. The summed E-state index contributed by atoms with van der Waals surface area (Å²) in [6.07, 6.45) is 2.01. The zero-order chi connectivity index (χ0) is 16.6. The Morgan fingerprint density at radius 3 is 2.87 bits per heavy atom. The number of carbonyl (C=O) groups excluding carboxylic acids is 1. The van der Waals surface area contributed by atoms with Gasteiger partial charge < -0.3 is 4.90 Å². The second kappa shape index (κ2) is 6.62. The highest BCUT2D eigenvalue weighted by Crippen LogP contribution is 2.36. The Kier molecular flexibility index (Phi) is 4.74.